The molecule has 0 radical (unpaired) electrons. The molecule has 2 aromatic rings. The summed E-state index contributed by atoms with van der Waals surface area (Å²) in [5, 5.41) is 10.3. The third-order valence-corrected chi connectivity index (χ3v) is 3.77. The van der Waals surface area contributed by atoms with E-state index in [1.807, 2.05) is 6.07 Å². The number of H-pyrrole nitrogens is 1. The van der Waals surface area contributed by atoms with E-state index in [9.17, 15) is 4.79 Å². The van der Waals surface area contributed by atoms with Crippen LogP contribution in [-0.4, -0.2) is 27.3 Å². The number of hydrogen-bond donors (Lipinski definition) is 3. The summed E-state index contributed by atoms with van der Waals surface area (Å²) in [6.45, 7) is 0. The number of nitrogens with zero attached hydrogens (tertiary/aromatic N) is 3. The molecule has 0 aromatic carbocycles. The van der Waals surface area contributed by atoms with Crippen LogP contribution in [0.15, 0.2) is 41.2 Å². The summed E-state index contributed by atoms with van der Waals surface area (Å²) < 4.78 is 0. The highest BCUT2D eigenvalue weighted by molar-refractivity contribution is 6.30. The largest absolute Gasteiger partial charge is 0.404 e. The van der Waals surface area contributed by atoms with Gasteiger partial charge in [0.2, 0.25) is 5.91 Å². The Hall–Kier alpha value is -2.67. The Bertz CT molecular complexity index is 793. The van der Waals surface area contributed by atoms with Crippen LogP contribution in [0.3, 0.4) is 0 Å². The lowest BCUT2D eigenvalue weighted by Gasteiger charge is -2.02. The smallest absolute Gasteiger partial charge is 0.230 e. The molecule has 1 aliphatic carbocycles. The summed E-state index contributed by atoms with van der Waals surface area (Å²) in [5.74, 6) is 1.31. The molecule has 7 nitrogen and oxygen atoms in total. The summed E-state index contributed by atoms with van der Waals surface area (Å²) in [7, 11) is 0. The van der Waals surface area contributed by atoms with E-state index < -0.39 is 0 Å². The SMILES string of the molecule is N/C=C(\C=Nc1cc(Cl)ccn1)CC(=O)Nc1cc(C2CC2)[nH]n1. The summed E-state index contributed by atoms with van der Waals surface area (Å²) in [4.78, 5) is 20.3. The summed E-state index contributed by atoms with van der Waals surface area (Å²) >= 11 is 5.87. The van der Waals surface area contributed by atoms with E-state index in [-0.39, 0.29) is 12.3 Å². The van der Waals surface area contributed by atoms with Gasteiger partial charge in [-0.15, -0.1) is 0 Å². The Morgan fingerprint density at radius 2 is 2.33 bits per heavy atom. The van der Waals surface area contributed by atoms with Gasteiger partial charge in [0.05, 0.1) is 6.42 Å². The van der Waals surface area contributed by atoms with Crippen LogP contribution in [0.4, 0.5) is 11.6 Å². The molecule has 1 aliphatic rings. The molecule has 0 saturated heterocycles. The number of pyridine rings is 1. The highest BCUT2D eigenvalue weighted by atomic mass is 35.5. The molecule has 0 spiro atoms. The predicted molar refractivity (Wildman–Crippen MR) is 93.5 cm³/mol. The van der Waals surface area contributed by atoms with Crippen molar-refractivity contribution in [3.05, 3.63) is 46.9 Å². The molecule has 1 amide bonds. The number of nitrogens with one attached hydrogen (secondary N) is 2. The lowest BCUT2D eigenvalue weighted by Crippen LogP contribution is -2.13. The molecule has 0 atom stereocenters. The van der Waals surface area contributed by atoms with Gasteiger partial charge in [0.1, 0.15) is 0 Å². The van der Waals surface area contributed by atoms with E-state index in [1.165, 1.54) is 25.3 Å². The lowest BCUT2D eigenvalue weighted by molar-refractivity contribution is -0.115. The molecular weight excluding hydrogens is 328 g/mol. The third kappa shape index (κ3) is 4.42. The van der Waals surface area contributed by atoms with Crippen molar-refractivity contribution in [2.45, 2.75) is 25.2 Å². The van der Waals surface area contributed by atoms with Gasteiger partial charge >= 0.3 is 0 Å². The van der Waals surface area contributed by atoms with Crippen molar-refractivity contribution in [2.75, 3.05) is 5.32 Å². The first-order valence-electron chi connectivity index (χ1n) is 7.55. The number of amides is 1. The van der Waals surface area contributed by atoms with Gasteiger partial charge in [0.15, 0.2) is 11.6 Å². The van der Waals surface area contributed by atoms with E-state index in [0.717, 1.165) is 5.69 Å². The van der Waals surface area contributed by atoms with Crippen molar-refractivity contribution >= 4 is 35.4 Å². The number of aromatic nitrogens is 3. The number of nitrogens with two attached hydrogens (primary N) is 1. The first-order valence-corrected chi connectivity index (χ1v) is 7.93. The number of rotatable bonds is 6. The molecule has 1 fully saturated rings. The van der Waals surface area contributed by atoms with Crippen molar-refractivity contribution in [2.24, 2.45) is 10.7 Å². The molecule has 3 rings (SSSR count). The minimum absolute atomic E-state index is 0.0895. The Morgan fingerprint density at radius 1 is 1.50 bits per heavy atom. The quantitative estimate of drug-likeness (QED) is 0.700. The summed E-state index contributed by atoms with van der Waals surface area (Å²) in [6, 6.07) is 5.15. The number of aliphatic imine (C=N–C) groups is 1. The van der Waals surface area contributed by atoms with E-state index >= 15 is 0 Å². The number of carbonyl (C=O) groups is 1. The molecule has 0 bridgehead atoms. The maximum atomic E-state index is 12.1. The summed E-state index contributed by atoms with van der Waals surface area (Å²) in [5.41, 5.74) is 7.18. The van der Waals surface area contributed by atoms with Crippen LogP contribution in [0.5, 0.6) is 0 Å². The first-order chi connectivity index (χ1) is 11.6. The van der Waals surface area contributed by atoms with Crippen LogP contribution in [0.25, 0.3) is 0 Å². The fourth-order valence-corrected chi connectivity index (χ4v) is 2.29. The first kappa shape index (κ1) is 16.2. The monoisotopic (exact) mass is 344 g/mol. The van der Waals surface area contributed by atoms with Gasteiger partial charge < -0.3 is 11.1 Å². The van der Waals surface area contributed by atoms with Crippen molar-refractivity contribution < 1.29 is 4.79 Å². The summed E-state index contributed by atoms with van der Waals surface area (Å²) in [6.07, 6.45) is 6.83. The zero-order valence-electron chi connectivity index (χ0n) is 12.9. The van der Waals surface area contributed by atoms with Gasteiger partial charge in [-0.05, 0) is 30.7 Å². The molecule has 0 aliphatic heterocycles. The molecule has 8 heteroatoms. The molecule has 0 unspecified atom stereocenters. The molecule has 4 N–H and O–H groups in total. The van der Waals surface area contributed by atoms with Gasteiger partial charge in [0, 0.05) is 41.2 Å². The van der Waals surface area contributed by atoms with Gasteiger partial charge in [-0.3, -0.25) is 9.89 Å². The minimum Gasteiger partial charge on any atom is -0.404 e. The molecule has 1 saturated carbocycles. The average Bonchev–Trinajstić information content (AvgIpc) is 3.31. The number of aromatic amines is 1. The standard InChI is InChI=1S/C16H17ClN6O/c17-12-3-4-19-14(6-12)20-9-10(8-18)5-16(24)21-15-7-13(22-23-15)11-1-2-11/h3-4,6-9,11H,1-2,5,18H2,(H2,21,22,23,24)/b10-8-,20-9?. The number of hydrogen-bond acceptors (Lipinski definition) is 5. The lowest BCUT2D eigenvalue weighted by atomic mass is 10.2. The second-order valence-electron chi connectivity index (χ2n) is 5.54. The Morgan fingerprint density at radius 3 is 3.04 bits per heavy atom. The van der Waals surface area contributed by atoms with Crippen LogP contribution in [-0.2, 0) is 4.79 Å². The zero-order chi connectivity index (χ0) is 16.9. The zero-order valence-corrected chi connectivity index (χ0v) is 13.6. The van der Waals surface area contributed by atoms with Crippen LogP contribution < -0.4 is 11.1 Å². The fourth-order valence-electron chi connectivity index (χ4n) is 2.14. The fraction of sp³-hybridized carbons (Fsp3) is 0.250. The Balaban J connectivity index is 1.56. The maximum Gasteiger partial charge on any atom is 0.230 e. The van der Waals surface area contributed by atoms with Gasteiger partial charge in [-0.25, -0.2) is 9.98 Å². The van der Waals surface area contributed by atoms with Gasteiger partial charge in [-0.1, -0.05) is 11.6 Å². The van der Waals surface area contributed by atoms with Crippen molar-refractivity contribution in [1.82, 2.24) is 15.2 Å². The van der Waals surface area contributed by atoms with E-state index in [4.69, 9.17) is 17.3 Å². The van der Waals surface area contributed by atoms with Crippen molar-refractivity contribution in [3.63, 3.8) is 0 Å². The van der Waals surface area contributed by atoms with Crippen LogP contribution in [0.1, 0.15) is 30.9 Å². The second kappa shape index (κ2) is 7.27. The second-order valence-corrected chi connectivity index (χ2v) is 5.98. The number of carbonyl (C=O) groups excluding carboxylic acids is 1. The van der Waals surface area contributed by atoms with Crippen molar-refractivity contribution in [1.29, 1.82) is 0 Å². The van der Waals surface area contributed by atoms with E-state index in [2.05, 4.69) is 25.5 Å². The highest BCUT2D eigenvalue weighted by Gasteiger charge is 2.25. The molecule has 24 heavy (non-hydrogen) atoms. The van der Waals surface area contributed by atoms with Gasteiger partial charge in [-0.2, -0.15) is 5.10 Å². The molecule has 2 heterocycles. The Labute approximate surface area is 144 Å². The van der Waals surface area contributed by atoms with E-state index in [0.29, 0.717) is 28.1 Å². The average molecular weight is 345 g/mol. The predicted octanol–water partition coefficient (Wildman–Crippen LogP) is 2.91. The molecule has 124 valence electrons. The Kier molecular flexibility index (Phi) is 4.90. The highest BCUT2D eigenvalue weighted by Crippen LogP contribution is 2.39. The van der Waals surface area contributed by atoms with E-state index in [1.54, 1.807) is 18.3 Å². The number of anilines is 1. The minimum atomic E-state index is -0.217. The van der Waals surface area contributed by atoms with Crippen LogP contribution >= 0.6 is 11.6 Å². The van der Waals surface area contributed by atoms with Gasteiger partial charge in [0.25, 0.3) is 0 Å². The van der Waals surface area contributed by atoms with Crippen LogP contribution in [0.2, 0.25) is 5.02 Å². The topological polar surface area (TPSA) is 109 Å². The molecule has 2 aromatic heterocycles. The maximum absolute atomic E-state index is 12.1. The third-order valence-electron chi connectivity index (χ3n) is 3.53. The molecular formula is C16H17ClN6O. The normalized spacial score (nSPS) is 15.0. The number of halogens is 1. The van der Waals surface area contributed by atoms with Crippen molar-refractivity contribution in [3.8, 4) is 0 Å². The van der Waals surface area contributed by atoms with Crippen LogP contribution in [0, 0.1) is 0 Å².